The van der Waals surface area contributed by atoms with Gasteiger partial charge in [-0.05, 0) is 51.8 Å². The third-order valence-electron chi connectivity index (χ3n) is 4.40. The number of amides is 2. The lowest BCUT2D eigenvalue weighted by molar-refractivity contribution is -0.140. The van der Waals surface area contributed by atoms with Gasteiger partial charge in [0.05, 0.1) is 6.42 Å². The topological polar surface area (TPSA) is 49.4 Å². The molecular weight excluding hydrogens is 372 g/mol. The van der Waals surface area contributed by atoms with Gasteiger partial charge in [0.15, 0.2) is 0 Å². The second kappa shape index (κ2) is 9.24. The molecule has 0 aliphatic heterocycles. The fourth-order valence-electron chi connectivity index (χ4n) is 2.97. The van der Waals surface area contributed by atoms with E-state index in [0.717, 1.165) is 16.7 Å². The summed E-state index contributed by atoms with van der Waals surface area (Å²) in [6.45, 7) is 9.80. The maximum Gasteiger partial charge on any atom is 0.242 e. The predicted molar refractivity (Wildman–Crippen MR) is 114 cm³/mol. The number of aryl methyl sites for hydroxylation is 1. The minimum absolute atomic E-state index is 0.109. The van der Waals surface area contributed by atoms with E-state index in [1.54, 1.807) is 17.9 Å². The molecule has 0 saturated carbocycles. The van der Waals surface area contributed by atoms with Crippen molar-refractivity contribution in [3.05, 3.63) is 70.2 Å². The average molecular weight is 401 g/mol. The maximum atomic E-state index is 13.2. The summed E-state index contributed by atoms with van der Waals surface area (Å²) < 4.78 is 0. The molecule has 0 aromatic heterocycles. The Morgan fingerprint density at radius 2 is 1.79 bits per heavy atom. The molecule has 0 aliphatic rings. The van der Waals surface area contributed by atoms with Crippen molar-refractivity contribution >= 4 is 23.4 Å². The first-order valence-electron chi connectivity index (χ1n) is 9.47. The summed E-state index contributed by atoms with van der Waals surface area (Å²) in [6, 6.07) is 14.6. The monoisotopic (exact) mass is 400 g/mol. The molecule has 1 unspecified atom stereocenters. The standard InChI is InChI=1S/C23H29ClN2O2/c1-16-9-8-10-18(13-16)14-21(27)26(15-19-11-6-7-12-20(19)24)17(2)22(28)25-23(3,4)5/h6-13,17H,14-15H2,1-5H3,(H,25,28). The molecule has 0 heterocycles. The van der Waals surface area contributed by atoms with Crippen molar-refractivity contribution in [3.8, 4) is 0 Å². The Hall–Kier alpha value is -2.33. The van der Waals surface area contributed by atoms with Crippen LogP contribution in [0.25, 0.3) is 0 Å². The van der Waals surface area contributed by atoms with Gasteiger partial charge in [-0.15, -0.1) is 0 Å². The summed E-state index contributed by atoms with van der Waals surface area (Å²) in [7, 11) is 0. The fraction of sp³-hybridized carbons (Fsp3) is 0.391. The average Bonchev–Trinajstić information content (AvgIpc) is 2.59. The van der Waals surface area contributed by atoms with Gasteiger partial charge in [-0.3, -0.25) is 9.59 Å². The zero-order chi connectivity index (χ0) is 20.9. The van der Waals surface area contributed by atoms with E-state index in [-0.39, 0.29) is 30.3 Å². The van der Waals surface area contributed by atoms with Crippen molar-refractivity contribution in [2.75, 3.05) is 0 Å². The van der Waals surface area contributed by atoms with Crippen LogP contribution < -0.4 is 5.32 Å². The summed E-state index contributed by atoms with van der Waals surface area (Å²) in [4.78, 5) is 27.5. The number of carbonyl (C=O) groups excluding carboxylic acids is 2. The van der Waals surface area contributed by atoms with Crippen molar-refractivity contribution in [2.24, 2.45) is 0 Å². The molecule has 28 heavy (non-hydrogen) atoms. The molecule has 2 aromatic carbocycles. The Morgan fingerprint density at radius 3 is 2.39 bits per heavy atom. The SMILES string of the molecule is Cc1cccc(CC(=O)N(Cc2ccccc2Cl)C(C)C(=O)NC(C)(C)C)c1. The summed E-state index contributed by atoms with van der Waals surface area (Å²) in [5.74, 6) is -0.292. The van der Waals surface area contributed by atoms with Crippen molar-refractivity contribution in [1.82, 2.24) is 10.2 Å². The highest BCUT2D eigenvalue weighted by molar-refractivity contribution is 6.31. The van der Waals surface area contributed by atoms with Crippen LogP contribution in [-0.2, 0) is 22.6 Å². The number of halogens is 1. The van der Waals surface area contributed by atoms with Crippen LogP contribution in [0, 0.1) is 6.92 Å². The van der Waals surface area contributed by atoms with Gasteiger partial charge in [0.25, 0.3) is 0 Å². The van der Waals surface area contributed by atoms with E-state index in [2.05, 4.69) is 5.32 Å². The molecule has 4 nitrogen and oxygen atoms in total. The highest BCUT2D eigenvalue weighted by Crippen LogP contribution is 2.20. The Kier molecular flexibility index (Phi) is 7.25. The van der Waals surface area contributed by atoms with Crippen LogP contribution in [0.3, 0.4) is 0 Å². The number of nitrogens with zero attached hydrogens (tertiary/aromatic N) is 1. The Balaban J connectivity index is 2.27. The Bertz CT molecular complexity index is 842. The van der Waals surface area contributed by atoms with Gasteiger partial charge < -0.3 is 10.2 Å². The van der Waals surface area contributed by atoms with Crippen LogP contribution >= 0.6 is 11.6 Å². The molecule has 0 saturated heterocycles. The molecule has 2 aromatic rings. The summed E-state index contributed by atoms with van der Waals surface area (Å²) in [6.07, 6.45) is 0.235. The van der Waals surface area contributed by atoms with Crippen LogP contribution in [0.15, 0.2) is 48.5 Å². The lowest BCUT2D eigenvalue weighted by atomic mass is 10.1. The van der Waals surface area contributed by atoms with Crippen LogP contribution in [0.1, 0.15) is 44.4 Å². The second-order valence-corrected chi connectivity index (χ2v) is 8.60. The van der Waals surface area contributed by atoms with Crippen molar-refractivity contribution in [2.45, 2.75) is 59.2 Å². The van der Waals surface area contributed by atoms with Gasteiger partial charge in [0.1, 0.15) is 6.04 Å². The van der Waals surface area contributed by atoms with E-state index in [1.165, 1.54) is 0 Å². The smallest absolute Gasteiger partial charge is 0.242 e. The quantitative estimate of drug-likeness (QED) is 0.774. The van der Waals surface area contributed by atoms with Gasteiger partial charge in [-0.2, -0.15) is 0 Å². The molecule has 150 valence electrons. The van der Waals surface area contributed by atoms with Crippen LogP contribution in [0.5, 0.6) is 0 Å². The minimum Gasteiger partial charge on any atom is -0.350 e. The van der Waals surface area contributed by atoms with Gasteiger partial charge in [-0.1, -0.05) is 59.6 Å². The van der Waals surface area contributed by atoms with Crippen LogP contribution in [0.2, 0.25) is 5.02 Å². The molecule has 1 N–H and O–H groups in total. The normalized spacial score (nSPS) is 12.4. The van der Waals surface area contributed by atoms with E-state index >= 15 is 0 Å². The van der Waals surface area contributed by atoms with Crippen molar-refractivity contribution in [3.63, 3.8) is 0 Å². The summed E-state index contributed by atoms with van der Waals surface area (Å²) in [5.41, 5.74) is 2.47. The largest absolute Gasteiger partial charge is 0.350 e. The number of carbonyl (C=O) groups is 2. The molecule has 0 radical (unpaired) electrons. The lowest BCUT2D eigenvalue weighted by Gasteiger charge is -2.31. The van der Waals surface area contributed by atoms with Gasteiger partial charge in [0, 0.05) is 17.1 Å². The second-order valence-electron chi connectivity index (χ2n) is 8.19. The van der Waals surface area contributed by atoms with Crippen molar-refractivity contribution < 1.29 is 9.59 Å². The molecule has 2 amide bonds. The molecule has 5 heteroatoms. The number of rotatable bonds is 6. The number of hydrogen-bond donors (Lipinski definition) is 1. The zero-order valence-electron chi connectivity index (χ0n) is 17.3. The molecule has 0 fully saturated rings. The third kappa shape index (κ3) is 6.38. The Morgan fingerprint density at radius 1 is 1.11 bits per heavy atom. The van der Waals surface area contributed by atoms with E-state index in [4.69, 9.17) is 11.6 Å². The first-order valence-corrected chi connectivity index (χ1v) is 9.85. The minimum atomic E-state index is -0.618. The number of benzene rings is 2. The van der Waals surface area contributed by atoms with Crippen LogP contribution in [0.4, 0.5) is 0 Å². The van der Waals surface area contributed by atoms with Crippen molar-refractivity contribution in [1.29, 1.82) is 0 Å². The number of hydrogen-bond acceptors (Lipinski definition) is 2. The van der Waals surface area contributed by atoms with E-state index in [0.29, 0.717) is 5.02 Å². The molecule has 0 bridgehead atoms. The first kappa shape index (κ1) is 22.0. The summed E-state index contributed by atoms with van der Waals surface area (Å²) in [5, 5.41) is 3.54. The Labute approximate surface area is 172 Å². The summed E-state index contributed by atoms with van der Waals surface area (Å²) >= 11 is 6.31. The first-order chi connectivity index (χ1) is 13.1. The van der Waals surface area contributed by atoms with Gasteiger partial charge in [0.2, 0.25) is 11.8 Å². The van der Waals surface area contributed by atoms with Gasteiger partial charge >= 0.3 is 0 Å². The van der Waals surface area contributed by atoms with Gasteiger partial charge in [-0.25, -0.2) is 0 Å². The van der Waals surface area contributed by atoms with E-state index in [1.807, 2.05) is 70.2 Å². The highest BCUT2D eigenvalue weighted by Gasteiger charge is 2.28. The fourth-order valence-corrected chi connectivity index (χ4v) is 3.16. The van der Waals surface area contributed by atoms with Crippen LogP contribution in [-0.4, -0.2) is 28.3 Å². The lowest BCUT2D eigenvalue weighted by Crippen LogP contribution is -2.52. The predicted octanol–water partition coefficient (Wildman–Crippen LogP) is 4.52. The molecule has 2 rings (SSSR count). The van der Waals surface area contributed by atoms with E-state index < -0.39 is 6.04 Å². The maximum absolute atomic E-state index is 13.2. The highest BCUT2D eigenvalue weighted by atomic mass is 35.5. The van der Waals surface area contributed by atoms with E-state index in [9.17, 15) is 9.59 Å². The molecule has 1 atom stereocenters. The number of nitrogens with one attached hydrogen (secondary N) is 1. The third-order valence-corrected chi connectivity index (χ3v) is 4.77. The molecular formula is C23H29ClN2O2. The molecule has 0 aliphatic carbocycles. The zero-order valence-corrected chi connectivity index (χ0v) is 18.0. The molecule has 0 spiro atoms.